The van der Waals surface area contributed by atoms with Crippen molar-refractivity contribution in [3.8, 4) is 11.5 Å². The first-order valence-electron chi connectivity index (χ1n) is 8.88. The molecule has 130 valence electrons. The molecule has 0 amide bonds. The normalized spacial score (nSPS) is 10.9. The van der Waals surface area contributed by atoms with Crippen LogP contribution in [0.1, 0.15) is 55.7 Å². The van der Waals surface area contributed by atoms with Crippen LogP contribution in [0.2, 0.25) is 5.02 Å². The van der Waals surface area contributed by atoms with Crippen molar-refractivity contribution < 1.29 is 10.2 Å². The van der Waals surface area contributed by atoms with Crippen LogP contribution in [0.25, 0.3) is 0 Å². The maximum absolute atomic E-state index is 9.66. The highest BCUT2D eigenvalue weighted by molar-refractivity contribution is 6.32. The molecular weight excluding hydrogens is 320 g/mol. The fourth-order valence-electron chi connectivity index (χ4n) is 3.01. The highest BCUT2D eigenvalue weighted by atomic mass is 35.5. The summed E-state index contributed by atoms with van der Waals surface area (Å²) >= 11 is 6.09. The van der Waals surface area contributed by atoms with Crippen LogP contribution in [-0.2, 0) is 19.3 Å². The van der Waals surface area contributed by atoms with Gasteiger partial charge in [-0.2, -0.15) is 0 Å². The van der Waals surface area contributed by atoms with Crippen molar-refractivity contribution in [1.82, 2.24) is 0 Å². The minimum absolute atomic E-state index is 0.0549. The standard InChI is InChI=1S/C21H27ClO2/c1-2-3-4-5-8-16-9-6-10-17(13-16)11-7-12-18-14-19(23)15-20(24)21(18)22/h6,9-10,13-15,23-24H,2-5,7-8,11-12H2,1H3. The molecule has 24 heavy (non-hydrogen) atoms. The van der Waals surface area contributed by atoms with Crippen LogP contribution in [0.3, 0.4) is 0 Å². The number of aromatic hydroxyl groups is 2. The Morgan fingerprint density at radius 3 is 2.25 bits per heavy atom. The van der Waals surface area contributed by atoms with Crippen LogP contribution in [0, 0.1) is 0 Å². The Labute approximate surface area is 150 Å². The number of aryl methyl sites for hydroxylation is 3. The van der Waals surface area contributed by atoms with E-state index in [1.165, 1.54) is 42.9 Å². The number of unbranched alkanes of at least 4 members (excludes halogenated alkanes) is 3. The second-order valence-electron chi connectivity index (χ2n) is 6.42. The van der Waals surface area contributed by atoms with Gasteiger partial charge in [0.15, 0.2) is 0 Å². The first-order valence-corrected chi connectivity index (χ1v) is 9.26. The van der Waals surface area contributed by atoms with Gasteiger partial charge in [-0.3, -0.25) is 0 Å². The Morgan fingerprint density at radius 2 is 1.54 bits per heavy atom. The van der Waals surface area contributed by atoms with Crippen LogP contribution in [0.5, 0.6) is 11.5 Å². The van der Waals surface area contributed by atoms with E-state index >= 15 is 0 Å². The number of phenols is 2. The van der Waals surface area contributed by atoms with Crippen molar-refractivity contribution in [2.75, 3.05) is 0 Å². The maximum atomic E-state index is 9.66. The highest BCUT2D eigenvalue weighted by Gasteiger charge is 2.08. The van der Waals surface area contributed by atoms with Gasteiger partial charge < -0.3 is 10.2 Å². The van der Waals surface area contributed by atoms with Crippen molar-refractivity contribution in [1.29, 1.82) is 0 Å². The second kappa shape index (κ2) is 9.58. The average molecular weight is 347 g/mol. The first-order chi connectivity index (χ1) is 11.6. The summed E-state index contributed by atoms with van der Waals surface area (Å²) in [5.74, 6) is 0.00159. The summed E-state index contributed by atoms with van der Waals surface area (Å²) in [4.78, 5) is 0. The number of hydrogen-bond donors (Lipinski definition) is 2. The van der Waals surface area contributed by atoms with E-state index in [4.69, 9.17) is 11.6 Å². The van der Waals surface area contributed by atoms with Gasteiger partial charge in [0, 0.05) is 6.07 Å². The number of halogens is 1. The first kappa shape index (κ1) is 18.7. The number of benzene rings is 2. The monoisotopic (exact) mass is 346 g/mol. The van der Waals surface area contributed by atoms with Crippen molar-refractivity contribution >= 4 is 11.6 Å². The molecule has 0 aliphatic heterocycles. The Balaban J connectivity index is 1.86. The minimum Gasteiger partial charge on any atom is -0.508 e. The van der Waals surface area contributed by atoms with Gasteiger partial charge in [0.1, 0.15) is 11.5 Å². The summed E-state index contributed by atoms with van der Waals surface area (Å²) in [6, 6.07) is 11.7. The van der Waals surface area contributed by atoms with Gasteiger partial charge in [0.25, 0.3) is 0 Å². The van der Waals surface area contributed by atoms with Gasteiger partial charge in [-0.15, -0.1) is 0 Å². The van der Waals surface area contributed by atoms with Crippen molar-refractivity contribution in [2.45, 2.75) is 58.3 Å². The molecule has 0 radical (unpaired) electrons. The molecule has 0 saturated heterocycles. The summed E-state index contributed by atoms with van der Waals surface area (Å²) in [6.07, 6.45) is 8.94. The summed E-state index contributed by atoms with van der Waals surface area (Å²) in [5.41, 5.74) is 3.55. The van der Waals surface area contributed by atoms with E-state index in [-0.39, 0.29) is 11.5 Å². The fraction of sp³-hybridized carbons (Fsp3) is 0.429. The summed E-state index contributed by atoms with van der Waals surface area (Å²) < 4.78 is 0. The molecule has 0 unspecified atom stereocenters. The lowest BCUT2D eigenvalue weighted by Crippen LogP contribution is -1.93. The Morgan fingerprint density at radius 1 is 0.833 bits per heavy atom. The topological polar surface area (TPSA) is 40.5 Å². The summed E-state index contributed by atoms with van der Waals surface area (Å²) in [5, 5.41) is 19.6. The number of rotatable bonds is 9. The molecule has 0 saturated carbocycles. The van der Waals surface area contributed by atoms with E-state index < -0.39 is 0 Å². The smallest absolute Gasteiger partial charge is 0.138 e. The third kappa shape index (κ3) is 5.76. The number of phenolic OH excluding ortho intramolecular Hbond substituents is 2. The lowest BCUT2D eigenvalue weighted by atomic mass is 10.00. The van der Waals surface area contributed by atoms with Gasteiger partial charge >= 0.3 is 0 Å². The molecule has 0 atom stereocenters. The van der Waals surface area contributed by atoms with E-state index in [1.54, 1.807) is 6.07 Å². The van der Waals surface area contributed by atoms with Crippen LogP contribution in [-0.4, -0.2) is 10.2 Å². The molecule has 2 aromatic carbocycles. The Hall–Kier alpha value is -1.67. The molecule has 0 aliphatic carbocycles. The second-order valence-corrected chi connectivity index (χ2v) is 6.80. The molecule has 0 aliphatic rings. The van der Waals surface area contributed by atoms with Gasteiger partial charge in [0.05, 0.1) is 5.02 Å². The molecular formula is C21H27ClO2. The van der Waals surface area contributed by atoms with Crippen molar-refractivity contribution in [3.63, 3.8) is 0 Å². The lowest BCUT2D eigenvalue weighted by Gasteiger charge is -2.08. The van der Waals surface area contributed by atoms with Gasteiger partial charge in [-0.25, -0.2) is 0 Å². The van der Waals surface area contributed by atoms with Crippen LogP contribution in [0.4, 0.5) is 0 Å². The molecule has 0 aromatic heterocycles. The Kier molecular flexibility index (Phi) is 7.45. The summed E-state index contributed by atoms with van der Waals surface area (Å²) in [6.45, 7) is 2.24. The number of hydrogen-bond acceptors (Lipinski definition) is 2. The fourth-order valence-corrected chi connectivity index (χ4v) is 3.22. The highest BCUT2D eigenvalue weighted by Crippen LogP contribution is 2.32. The zero-order chi connectivity index (χ0) is 17.4. The van der Waals surface area contributed by atoms with Gasteiger partial charge in [-0.05, 0) is 54.9 Å². The van der Waals surface area contributed by atoms with Crippen LogP contribution < -0.4 is 0 Å². The average Bonchev–Trinajstić information content (AvgIpc) is 2.56. The quantitative estimate of drug-likeness (QED) is 0.542. The van der Waals surface area contributed by atoms with Gasteiger partial charge in [-0.1, -0.05) is 62.1 Å². The minimum atomic E-state index is -0.0549. The molecule has 0 heterocycles. The van der Waals surface area contributed by atoms with E-state index in [0.29, 0.717) is 5.02 Å². The molecule has 3 heteroatoms. The van der Waals surface area contributed by atoms with E-state index in [1.807, 2.05) is 0 Å². The van der Waals surface area contributed by atoms with E-state index in [0.717, 1.165) is 31.2 Å². The molecule has 2 rings (SSSR count). The lowest BCUT2D eigenvalue weighted by molar-refractivity contribution is 0.449. The third-order valence-corrected chi connectivity index (χ3v) is 4.77. The van der Waals surface area contributed by atoms with Crippen molar-refractivity contribution in [3.05, 3.63) is 58.1 Å². The predicted octanol–water partition coefficient (Wildman–Crippen LogP) is 6.05. The molecule has 0 spiro atoms. The SMILES string of the molecule is CCCCCCc1cccc(CCCc2cc(O)cc(O)c2Cl)c1. The Bertz CT molecular complexity index is 652. The zero-order valence-corrected chi connectivity index (χ0v) is 15.1. The molecule has 0 fully saturated rings. The predicted molar refractivity (Wildman–Crippen MR) is 101 cm³/mol. The van der Waals surface area contributed by atoms with E-state index in [2.05, 4.69) is 31.2 Å². The largest absolute Gasteiger partial charge is 0.508 e. The van der Waals surface area contributed by atoms with Crippen molar-refractivity contribution in [2.24, 2.45) is 0 Å². The van der Waals surface area contributed by atoms with Crippen LogP contribution >= 0.6 is 11.6 Å². The molecule has 2 N–H and O–H groups in total. The van der Waals surface area contributed by atoms with E-state index in [9.17, 15) is 10.2 Å². The van der Waals surface area contributed by atoms with Crippen LogP contribution in [0.15, 0.2) is 36.4 Å². The third-order valence-electron chi connectivity index (χ3n) is 4.34. The molecule has 0 bridgehead atoms. The zero-order valence-electron chi connectivity index (χ0n) is 14.4. The maximum Gasteiger partial charge on any atom is 0.138 e. The molecule has 2 nitrogen and oxygen atoms in total. The summed E-state index contributed by atoms with van der Waals surface area (Å²) in [7, 11) is 0. The molecule has 2 aromatic rings. The van der Waals surface area contributed by atoms with Gasteiger partial charge in [0.2, 0.25) is 0 Å².